The monoisotopic (exact) mass is 295 g/mol. The molecule has 1 rings (SSSR count). The molecule has 0 heterocycles. The lowest BCUT2D eigenvalue weighted by molar-refractivity contribution is -0.136. The van der Waals surface area contributed by atoms with Gasteiger partial charge in [-0.05, 0) is 24.1 Å². The molecule has 2 nitrogen and oxygen atoms in total. The number of hydrogen-bond acceptors (Lipinski definition) is 2. The zero-order valence-electron chi connectivity index (χ0n) is 10.9. The molecule has 6 heteroatoms. The molecule has 0 aliphatic carbocycles. The molecule has 1 aromatic carbocycles. The summed E-state index contributed by atoms with van der Waals surface area (Å²) in [6.45, 7) is 5.28. The van der Waals surface area contributed by atoms with Gasteiger partial charge in [0.2, 0.25) is 0 Å². The van der Waals surface area contributed by atoms with Gasteiger partial charge in [0.05, 0.1) is 12.2 Å². The van der Waals surface area contributed by atoms with E-state index in [4.69, 9.17) is 16.3 Å². The number of alkyl halides is 3. The summed E-state index contributed by atoms with van der Waals surface area (Å²) >= 11 is 5.59. The summed E-state index contributed by atoms with van der Waals surface area (Å²) in [5.74, 6) is 0.404. The van der Waals surface area contributed by atoms with Gasteiger partial charge >= 0.3 is 6.18 Å². The highest BCUT2D eigenvalue weighted by Gasteiger charge is 2.33. The number of ether oxygens (including phenoxy) is 1. The fraction of sp³-hybridized carbons (Fsp3) is 0.538. The van der Waals surface area contributed by atoms with Gasteiger partial charge in [-0.25, -0.2) is 0 Å². The summed E-state index contributed by atoms with van der Waals surface area (Å²) in [6, 6.07) is 3.67. The quantitative estimate of drug-likeness (QED) is 0.783. The summed E-state index contributed by atoms with van der Waals surface area (Å²) in [4.78, 5) is 0. The van der Waals surface area contributed by atoms with Crippen LogP contribution in [0.3, 0.4) is 0 Å². The van der Waals surface area contributed by atoms with E-state index in [1.807, 2.05) is 13.8 Å². The van der Waals surface area contributed by atoms with Gasteiger partial charge in [-0.15, -0.1) is 0 Å². The number of hydrogen-bond donors (Lipinski definition) is 1. The van der Waals surface area contributed by atoms with Gasteiger partial charge in [0, 0.05) is 23.9 Å². The van der Waals surface area contributed by atoms with Crippen molar-refractivity contribution in [2.75, 3.05) is 25.1 Å². The van der Waals surface area contributed by atoms with Crippen LogP contribution in [-0.4, -0.2) is 19.8 Å². The first kappa shape index (κ1) is 16.1. The zero-order valence-corrected chi connectivity index (χ0v) is 11.6. The second-order valence-electron chi connectivity index (χ2n) is 4.58. The van der Waals surface area contributed by atoms with Crippen LogP contribution in [-0.2, 0) is 10.9 Å². The Kier molecular flexibility index (Phi) is 5.94. The van der Waals surface area contributed by atoms with Gasteiger partial charge in [-0.2, -0.15) is 13.2 Å². The molecule has 0 aromatic heterocycles. The highest BCUT2D eigenvalue weighted by Crippen LogP contribution is 2.36. The van der Waals surface area contributed by atoms with E-state index in [0.717, 1.165) is 6.07 Å². The highest BCUT2D eigenvalue weighted by molar-refractivity contribution is 6.30. The maximum absolute atomic E-state index is 12.8. The minimum absolute atomic E-state index is 0.0186. The van der Waals surface area contributed by atoms with Crippen LogP contribution >= 0.6 is 11.6 Å². The average Bonchev–Trinajstić information content (AvgIpc) is 2.28. The van der Waals surface area contributed by atoms with E-state index in [0.29, 0.717) is 25.7 Å². The third kappa shape index (κ3) is 5.70. The molecule has 1 aromatic rings. The number of rotatable bonds is 6. The Morgan fingerprint density at radius 3 is 2.58 bits per heavy atom. The van der Waals surface area contributed by atoms with Crippen molar-refractivity contribution in [3.63, 3.8) is 0 Å². The largest absolute Gasteiger partial charge is 0.418 e. The van der Waals surface area contributed by atoms with Gasteiger partial charge in [-0.3, -0.25) is 0 Å². The summed E-state index contributed by atoms with van der Waals surface area (Å²) < 4.78 is 43.6. The van der Waals surface area contributed by atoms with E-state index >= 15 is 0 Å². The standard InChI is InChI=1S/C13H17ClF3NO/c1-9(2)8-19-6-5-18-12-4-3-10(14)7-11(12)13(15,16)17/h3-4,7,9,18H,5-6,8H2,1-2H3. The van der Waals surface area contributed by atoms with E-state index in [1.54, 1.807) is 0 Å². The molecular formula is C13H17ClF3NO. The highest BCUT2D eigenvalue weighted by atomic mass is 35.5. The number of nitrogens with one attached hydrogen (secondary N) is 1. The fourth-order valence-corrected chi connectivity index (χ4v) is 1.65. The summed E-state index contributed by atoms with van der Waals surface area (Å²) in [5, 5.41) is 2.78. The van der Waals surface area contributed by atoms with E-state index in [9.17, 15) is 13.2 Å². The van der Waals surface area contributed by atoms with Crippen molar-refractivity contribution in [3.8, 4) is 0 Å². The molecule has 0 radical (unpaired) electrons. The fourth-order valence-electron chi connectivity index (χ4n) is 1.48. The Hall–Kier alpha value is -0.940. The topological polar surface area (TPSA) is 21.3 Å². The molecular weight excluding hydrogens is 279 g/mol. The summed E-state index contributed by atoms with van der Waals surface area (Å²) in [7, 11) is 0. The van der Waals surface area contributed by atoms with Crippen LogP contribution < -0.4 is 5.32 Å². The van der Waals surface area contributed by atoms with Crippen LogP contribution in [0.1, 0.15) is 19.4 Å². The summed E-state index contributed by atoms with van der Waals surface area (Å²) in [6.07, 6.45) is -4.42. The van der Waals surface area contributed by atoms with Crippen molar-refractivity contribution in [2.45, 2.75) is 20.0 Å². The van der Waals surface area contributed by atoms with Crippen LogP contribution in [0.2, 0.25) is 5.02 Å². The second kappa shape index (κ2) is 7.01. The Morgan fingerprint density at radius 2 is 2.00 bits per heavy atom. The lowest BCUT2D eigenvalue weighted by Gasteiger charge is -2.15. The first-order valence-corrected chi connectivity index (χ1v) is 6.37. The molecule has 1 N–H and O–H groups in total. The van der Waals surface area contributed by atoms with Crippen LogP contribution in [0.15, 0.2) is 18.2 Å². The minimum atomic E-state index is -4.42. The average molecular weight is 296 g/mol. The molecule has 0 amide bonds. The van der Waals surface area contributed by atoms with Crippen LogP contribution in [0.5, 0.6) is 0 Å². The van der Waals surface area contributed by atoms with Gasteiger partial charge in [0.25, 0.3) is 0 Å². The first-order valence-electron chi connectivity index (χ1n) is 5.99. The Bertz CT molecular complexity index is 407. The Morgan fingerprint density at radius 1 is 1.32 bits per heavy atom. The predicted octanol–water partition coefficient (Wildman–Crippen LogP) is 4.44. The van der Waals surface area contributed by atoms with E-state index < -0.39 is 11.7 Å². The Balaban J connectivity index is 2.58. The molecule has 108 valence electrons. The SMILES string of the molecule is CC(C)COCCNc1ccc(Cl)cc1C(F)(F)F. The molecule has 0 fully saturated rings. The van der Waals surface area contributed by atoms with Gasteiger partial charge in [-0.1, -0.05) is 25.4 Å². The van der Waals surface area contributed by atoms with Gasteiger partial charge in [0.1, 0.15) is 0 Å². The second-order valence-corrected chi connectivity index (χ2v) is 5.02. The molecule has 0 saturated heterocycles. The molecule has 0 bridgehead atoms. The molecule has 0 saturated carbocycles. The summed E-state index contributed by atoms with van der Waals surface area (Å²) in [5.41, 5.74) is -0.742. The third-order valence-electron chi connectivity index (χ3n) is 2.30. The molecule has 19 heavy (non-hydrogen) atoms. The van der Waals surface area contributed by atoms with Crippen LogP contribution in [0.4, 0.5) is 18.9 Å². The number of halogens is 4. The first-order chi connectivity index (χ1) is 8.80. The third-order valence-corrected chi connectivity index (χ3v) is 2.54. The van der Waals surface area contributed by atoms with Gasteiger partial charge < -0.3 is 10.1 Å². The minimum Gasteiger partial charge on any atom is -0.382 e. The van der Waals surface area contributed by atoms with E-state index in [2.05, 4.69) is 5.32 Å². The van der Waals surface area contributed by atoms with Crippen molar-refractivity contribution in [1.82, 2.24) is 0 Å². The van der Waals surface area contributed by atoms with Crippen molar-refractivity contribution >= 4 is 17.3 Å². The van der Waals surface area contributed by atoms with E-state index in [1.165, 1.54) is 12.1 Å². The smallest absolute Gasteiger partial charge is 0.382 e. The van der Waals surface area contributed by atoms with Crippen molar-refractivity contribution < 1.29 is 17.9 Å². The Labute approximate surface area is 115 Å². The zero-order chi connectivity index (χ0) is 14.5. The van der Waals surface area contributed by atoms with Crippen molar-refractivity contribution in [3.05, 3.63) is 28.8 Å². The predicted molar refractivity (Wildman–Crippen MR) is 70.6 cm³/mol. The molecule has 0 aliphatic heterocycles. The maximum atomic E-state index is 12.8. The molecule has 0 atom stereocenters. The van der Waals surface area contributed by atoms with Crippen LogP contribution in [0, 0.1) is 5.92 Å². The molecule has 0 aliphatic rings. The van der Waals surface area contributed by atoms with Gasteiger partial charge in [0.15, 0.2) is 0 Å². The van der Waals surface area contributed by atoms with Crippen molar-refractivity contribution in [1.29, 1.82) is 0 Å². The molecule has 0 unspecified atom stereocenters. The van der Waals surface area contributed by atoms with Crippen molar-refractivity contribution in [2.24, 2.45) is 5.92 Å². The normalized spacial score (nSPS) is 11.9. The lowest BCUT2D eigenvalue weighted by atomic mass is 10.1. The lowest BCUT2D eigenvalue weighted by Crippen LogP contribution is -2.15. The number of anilines is 1. The van der Waals surface area contributed by atoms with E-state index in [-0.39, 0.29) is 10.7 Å². The van der Waals surface area contributed by atoms with Crippen LogP contribution in [0.25, 0.3) is 0 Å². The number of benzene rings is 1. The maximum Gasteiger partial charge on any atom is 0.418 e. The molecule has 0 spiro atoms.